The Balaban J connectivity index is 1.71. The summed E-state index contributed by atoms with van der Waals surface area (Å²) in [6, 6.07) is 17.6. The van der Waals surface area contributed by atoms with Crippen LogP contribution in [0.25, 0.3) is 27.4 Å². The van der Waals surface area contributed by atoms with Crippen molar-refractivity contribution in [3.63, 3.8) is 0 Å². The number of hydrogen-bond donors (Lipinski definition) is 1. The number of carboxylic acids is 1. The molecule has 1 N–H and O–H groups in total. The molecular formula is C29H21ClF3NO3S. The molecule has 0 radical (unpaired) electrons. The van der Waals surface area contributed by atoms with Crippen molar-refractivity contribution < 1.29 is 27.8 Å². The van der Waals surface area contributed by atoms with E-state index in [2.05, 4.69) is 9.72 Å². The fraction of sp³-hybridized carbons (Fsp3) is 0.172. The summed E-state index contributed by atoms with van der Waals surface area (Å²) in [5, 5.41) is 9.12. The van der Waals surface area contributed by atoms with Crippen LogP contribution in [0.3, 0.4) is 0 Å². The third-order valence-electron chi connectivity index (χ3n) is 6.48. The maximum absolute atomic E-state index is 12.8. The standard InChI is InChI=1S/C29H21ClF3NO3S/c30-23-15-21(37-29(31,32)33)10-11-22(23)28(18-2-1-3-18)27(20-9-12-25-24(14-20)34-16-38-25)19-7-4-17(5-8-19)6-13-26(35)36/h4-16,18H,1-3H2,(H,35,36)/b13-6+,28-27+. The van der Waals surface area contributed by atoms with Crippen molar-refractivity contribution in [2.75, 3.05) is 0 Å². The van der Waals surface area contributed by atoms with Gasteiger partial charge in [0.25, 0.3) is 0 Å². The monoisotopic (exact) mass is 555 g/mol. The molecule has 0 unspecified atom stereocenters. The Bertz CT molecular complexity index is 1550. The average molecular weight is 556 g/mol. The predicted octanol–water partition coefficient (Wildman–Crippen LogP) is 8.71. The SMILES string of the molecule is O=C(O)/C=C/c1ccc(/C(=C(\c2ccc(OC(F)(F)F)cc2Cl)C2CCC2)c2ccc3scnc3c2)cc1. The molecule has 1 heterocycles. The number of halogens is 4. The molecule has 3 aromatic carbocycles. The Morgan fingerprint density at radius 2 is 1.79 bits per heavy atom. The van der Waals surface area contributed by atoms with Gasteiger partial charge in [0.1, 0.15) is 5.75 Å². The second kappa shape index (κ2) is 10.6. The predicted molar refractivity (Wildman–Crippen MR) is 144 cm³/mol. The first-order valence-electron chi connectivity index (χ1n) is 11.8. The molecule has 1 fully saturated rings. The Kier molecular flexibility index (Phi) is 7.27. The van der Waals surface area contributed by atoms with Crippen molar-refractivity contribution in [3.05, 3.63) is 99.5 Å². The zero-order chi connectivity index (χ0) is 26.9. The van der Waals surface area contributed by atoms with Gasteiger partial charge in [0.2, 0.25) is 0 Å². The number of alkyl halides is 3. The van der Waals surface area contributed by atoms with Crippen LogP contribution in [-0.2, 0) is 4.79 Å². The van der Waals surface area contributed by atoms with Crippen molar-refractivity contribution in [2.24, 2.45) is 5.92 Å². The number of aromatic nitrogens is 1. The Morgan fingerprint density at radius 3 is 2.42 bits per heavy atom. The second-order valence-corrected chi connectivity index (χ2v) is 10.2. The van der Waals surface area contributed by atoms with Crippen LogP contribution >= 0.6 is 22.9 Å². The van der Waals surface area contributed by atoms with Crippen molar-refractivity contribution in [3.8, 4) is 5.75 Å². The van der Waals surface area contributed by atoms with Gasteiger partial charge in [0.15, 0.2) is 0 Å². The number of allylic oxidation sites excluding steroid dienone is 1. The van der Waals surface area contributed by atoms with Crippen molar-refractivity contribution in [2.45, 2.75) is 25.6 Å². The fourth-order valence-electron chi connectivity index (χ4n) is 4.59. The van der Waals surface area contributed by atoms with E-state index in [9.17, 15) is 18.0 Å². The smallest absolute Gasteiger partial charge is 0.478 e. The maximum atomic E-state index is 12.8. The van der Waals surface area contributed by atoms with Crippen LogP contribution in [0.4, 0.5) is 13.2 Å². The van der Waals surface area contributed by atoms with Crippen LogP contribution in [0.5, 0.6) is 5.75 Å². The molecule has 4 aromatic rings. The number of fused-ring (bicyclic) bond motifs is 1. The van der Waals surface area contributed by atoms with E-state index in [0.29, 0.717) is 5.56 Å². The van der Waals surface area contributed by atoms with Gasteiger partial charge in [-0.25, -0.2) is 9.78 Å². The van der Waals surface area contributed by atoms with E-state index in [1.54, 1.807) is 11.6 Å². The van der Waals surface area contributed by atoms with Crippen molar-refractivity contribution in [1.29, 1.82) is 0 Å². The summed E-state index contributed by atoms with van der Waals surface area (Å²) in [5.41, 5.74) is 7.64. The van der Waals surface area contributed by atoms with E-state index in [-0.39, 0.29) is 16.7 Å². The molecule has 0 atom stereocenters. The molecule has 0 bridgehead atoms. The zero-order valence-electron chi connectivity index (χ0n) is 19.8. The summed E-state index contributed by atoms with van der Waals surface area (Å²) in [6.45, 7) is 0. The maximum Gasteiger partial charge on any atom is 0.573 e. The number of benzene rings is 3. The molecule has 1 aliphatic rings. The zero-order valence-corrected chi connectivity index (χ0v) is 21.4. The lowest BCUT2D eigenvalue weighted by molar-refractivity contribution is -0.274. The molecule has 38 heavy (non-hydrogen) atoms. The van der Waals surface area contributed by atoms with Crippen molar-refractivity contribution >= 4 is 56.3 Å². The van der Waals surface area contributed by atoms with Crippen molar-refractivity contribution in [1.82, 2.24) is 4.98 Å². The van der Waals surface area contributed by atoms with Gasteiger partial charge in [-0.05, 0) is 88.6 Å². The van der Waals surface area contributed by atoms with E-state index in [1.165, 1.54) is 29.5 Å². The van der Waals surface area contributed by atoms with Gasteiger partial charge in [0.05, 0.1) is 20.7 Å². The van der Waals surface area contributed by atoms with Crippen LogP contribution < -0.4 is 4.74 Å². The summed E-state index contributed by atoms with van der Waals surface area (Å²) in [4.78, 5) is 15.4. The Morgan fingerprint density at radius 1 is 1.05 bits per heavy atom. The van der Waals surface area contributed by atoms with E-state index in [1.807, 2.05) is 42.5 Å². The number of hydrogen-bond acceptors (Lipinski definition) is 4. The summed E-state index contributed by atoms with van der Waals surface area (Å²) in [6.07, 6.45) is 0.662. The molecule has 0 aliphatic heterocycles. The molecule has 9 heteroatoms. The molecule has 0 amide bonds. The second-order valence-electron chi connectivity index (χ2n) is 8.93. The summed E-state index contributed by atoms with van der Waals surface area (Å²) < 4.78 is 43.6. The van der Waals surface area contributed by atoms with Gasteiger partial charge in [-0.15, -0.1) is 24.5 Å². The molecule has 194 valence electrons. The highest BCUT2D eigenvalue weighted by Gasteiger charge is 2.32. The van der Waals surface area contributed by atoms with Gasteiger partial charge in [0, 0.05) is 6.08 Å². The molecule has 1 aromatic heterocycles. The number of thiazole rings is 1. The number of carbonyl (C=O) groups is 1. The minimum Gasteiger partial charge on any atom is -0.478 e. The highest BCUT2D eigenvalue weighted by Crippen LogP contribution is 2.47. The minimum atomic E-state index is -4.82. The molecule has 5 rings (SSSR count). The first-order valence-corrected chi connectivity index (χ1v) is 13.1. The van der Waals surface area contributed by atoms with Gasteiger partial charge in [-0.1, -0.05) is 48.4 Å². The van der Waals surface area contributed by atoms with Crippen LogP contribution in [0.15, 0.2) is 72.3 Å². The molecule has 4 nitrogen and oxygen atoms in total. The Labute approximate surface area is 225 Å². The number of rotatable bonds is 7. The van der Waals surface area contributed by atoms with Crippen LogP contribution in [0.1, 0.15) is 41.5 Å². The molecule has 0 saturated heterocycles. The summed E-state index contributed by atoms with van der Waals surface area (Å²) >= 11 is 8.15. The van der Waals surface area contributed by atoms with Gasteiger partial charge in [-0.2, -0.15) is 0 Å². The lowest BCUT2D eigenvalue weighted by Gasteiger charge is -2.32. The van der Waals surface area contributed by atoms with Gasteiger partial charge in [-0.3, -0.25) is 0 Å². The molecule has 1 saturated carbocycles. The average Bonchev–Trinajstić information content (AvgIpc) is 3.29. The largest absolute Gasteiger partial charge is 0.573 e. The quantitative estimate of drug-likeness (QED) is 0.183. The van der Waals surface area contributed by atoms with Crippen LogP contribution in [-0.4, -0.2) is 22.4 Å². The van der Waals surface area contributed by atoms with Crippen LogP contribution in [0.2, 0.25) is 5.02 Å². The molecule has 0 spiro atoms. The lowest BCUT2D eigenvalue weighted by Crippen LogP contribution is -2.17. The van der Waals surface area contributed by atoms with Gasteiger partial charge >= 0.3 is 12.3 Å². The minimum absolute atomic E-state index is 0.162. The highest BCUT2D eigenvalue weighted by atomic mass is 35.5. The summed E-state index contributed by atoms with van der Waals surface area (Å²) in [7, 11) is 0. The van der Waals surface area contributed by atoms with E-state index in [4.69, 9.17) is 16.7 Å². The number of ether oxygens (including phenoxy) is 1. The number of carboxylic acid groups (broad SMARTS) is 1. The molecule has 1 aliphatic carbocycles. The first kappa shape index (κ1) is 26.0. The molecular weight excluding hydrogens is 535 g/mol. The third-order valence-corrected chi connectivity index (χ3v) is 7.61. The number of aliphatic carboxylic acids is 1. The van der Waals surface area contributed by atoms with Crippen LogP contribution in [0, 0.1) is 5.92 Å². The fourth-order valence-corrected chi connectivity index (χ4v) is 5.52. The Hall–Kier alpha value is -3.62. The topological polar surface area (TPSA) is 59.4 Å². The first-order chi connectivity index (χ1) is 18.2. The van der Waals surface area contributed by atoms with E-state index >= 15 is 0 Å². The van der Waals surface area contributed by atoms with E-state index in [0.717, 1.165) is 63.4 Å². The lowest BCUT2D eigenvalue weighted by atomic mass is 9.73. The normalized spacial score (nSPS) is 14.9. The summed E-state index contributed by atoms with van der Waals surface area (Å²) in [5.74, 6) is -1.25. The van der Waals surface area contributed by atoms with E-state index < -0.39 is 12.3 Å². The highest BCUT2D eigenvalue weighted by molar-refractivity contribution is 7.16. The third kappa shape index (κ3) is 5.76. The van der Waals surface area contributed by atoms with Gasteiger partial charge < -0.3 is 9.84 Å². The number of nitrogens with zero attached hydrogens (tertiary/aromatic N) is 1.